The van der Waals surface area contributed by atoms with Crippen LogP contribution in [-0.2, 0) is 9.59 Å². The second kappa shape index (κ2) is 16.5. The van der Waals surface area contributed by atoms with Gasteiger partial charge in [0.2, 0.25) is 0 Å². The van der Waals surface area contributed by atoms with E-state index < -0.39 is 5.97 Å². The molecule has 0 aromatic rings. The highest BCUT2D eigenvalue weighted by Crippen LogP contribution is 2.01. The summed E-state index contributed by atoms with van der Waals surface area (Å²) >= 11 is 0. The van der Waals surface area contributed by atoms with Crippen molar-refractivity contribution in [1.29, 1.82) is 0 Å². The van der Waals surface area contributed by atoms with E-state index in [9.17, 15) is 9.59 Å². The normalized spacial score (nSPS) is 12.2. The maximum absolute atomic E-state index is 11.6. The van der Waals surface area contributed by atoms with Crippen LogP contribution in [-0.4, -0.2) is 16.9 Å². The van der Waals surface area contributed by atoms with Crippen molar-refractivity contribution in [2.24, 2.45) is 0 Å². The van der Waals surface area contributed by atoms with Crippen molar-refractivity contribution in [3.8, 4) is 0 Å². The van der Waals surface area contributed by atoms with Gasteiger partial charge in [-0.25, -0.2) is 0 Å². The Hall–Kier alpha value is -1.90. The van der Waals surface area contributed by atoms with Gasteiger partial charge in [0.15, 0.2) is 5.78 Å². The second-order valence-electron chi connectivity index (χ2n) is 5.42. The average molecular weight is 318 g/mol. The van der Waals surface area contributed by atoms with Crippen LogP contribution >= 0.6 is 0 Å². The van der Waals surface area contributed by atoms with Crippen molar-refractivity contribution in [3.63, 3.8) is 0 Å². The third kappa shape index (κ3) is 18.1. The van der Waals surface area contributed by atoms with Crippen LogP contribution in [0.4, 0.5) is 0 Å². The molecule has 0 aromatic carbocycles. The van der Waals surface area contributed by atoms with Crippen molar-refractivity contribution < 1.29 is 14.7 Å². The summed E-state index contributed by atoms with van der Waals surface area (Å²) < 4.78 is 0. The molecule has 0 heterocycles. The number of ketones is 1. The fraction of sp³-hybridized carbons (Fsp3) is 0.500. The fourth-order valence-corrected chi connectivity index (χ4v) is 1.88. The molecule has 0 fully saturated rings. The first kappa shape index (κ1) is 21.1. The zero-order chi connectivity index (χ0) is 17.2. The summed E-state index contributed by atoms with van der Waals surface area (Å²) in [6, 6.07) is 0. The molecular formula is C20H30O3. The Labute approximate surface area is 140 Å². The molecule has 0 rings (SSSR count). The number of carboxylic acid groups (broad SMARTS) is 1. The summed E-state index contributed by atoms with van der Waals surface area (Å²) in [7, 11) is 0. The van der Waals surface area contributed by atoms with Crippen LogP contribution < -0.4 is 0 Å². The Bertz CT molecular complexity index is 428. The molecule has 3 nitrogen and oxygen atoms in total. The van der Waals surface area contributed by atoms with Gasteiger partial charge in [-0.3, -0.25) is 9.59 Å². The average Bonchev–Trinajstić information content (AvgIpc) is 2.52. The number of unbranched alkanes of at least 4 members (excludes halogenated alkanes) is 4. The topological polar surface area (TPSA) is 54.4 Å². The van der Waals surface area contributed by atoms with Gasteiger partial charge in [-0.2, -0.15) is 0 Å². The number of hydrogen-bond donors (Lipinski definition) is 1. The van der Waals surface area contributed by atoms with Gasteiger partial charge in [-0.1, -0.05) is 62.3 Å². The second-order valence-corrected chi connectivity index (χ2v) is 5.42. The van der Waals surface area contributed by atoms with Gasteiger partial charge in [0, 0.05) is 12.8 Å². The van der Waals surface area contributed by atoms with E-state index in [0.29, 0.717) is 12.8 Å². The lowest BCUT2D eigenvalue weighted by atomic mass is 10.1. The number of carbonyl (C=O) groups is 2. The maximum Gasteiger partial charge on any atom is 0.303 e. The van der Waals surface area contributed by atoms with Gasteiger partial charge < -0.3 is 5.11 Å². The van der Waals surface area contributed by atoms with E-state index in [1.165, 1.54) is 19.3 Å². The first-order valence-electron chi connectivity index (χ1n) is 8.54. The Morgan fingerprint density at radius 2 is 1.61 bits per heavy atom. The van der Waals surface area contributed by atoms with E-state index in [2.05, 4.69) is 13.0 Å². The van der Waals surface area contributed by atoms with Crippen LogP contribution in [0.2, 0.25) is 0 Å². The highest BCUT2D eigenvalue weighted by Gasteiger charge is 1.92. The molecule has 0 radical (unpaired) electrons. The first-order chi connectivity index (χ1) is 11.2. The van der Waals surface area contributed by atoms with E-state index in [4.69, 9.17) is 5.11 Å². The number of carboxylic acids is 1. The lowest BCUT2D eigenvalue weighted by Crippen LogP contribution is -1.92. The van der Waals surface area contributed by atoms with Crippen LogP contribution in [0.1, 0.15) is 64.7 Å². The van der Waals surface area contributed by atoms with Crippen LogP contribution in [0.5, 0.6) is 0 Å². The highest BCUT2D eigenvalue weighted by atomic mass is 16.4. The molecule has 1 N–H and O–H groups in total. The Morgan fingerprint density at radius 1 is 0.870 bits per heavy atom. The quantitative estimate of drug-likeness (QED) is 0.202. The summed E-state index contributed by atoms with van der Waals surface area (Å²) in [4.78, 5) is 21.9. The van der Waals surface area contributed by atoms with Crippen molar-refractivity contribution in [1.82, 2.24) is 0 Å². The molecule has 0 unspecified atom stereocenters. The summed E-state index contributed by atoms with van der Waals surface area (Å²) in [5.74, 6) is -0.630. The van der Waals surface area contributed by atoms with Crippen molar-refractivity contribution in [2.45, 2.75) is 64.7 Å². The molecule has 0 amide bonds. The Kier molecular flexibility index (Phi) is 15.1. The minimum absolute atomic E-state index is 0.116. The number of carbonyl (C=O) groups excluding carboxylic acids is 1. The molecule has 0 saturated heterocycles. The van der Waals surface area contributed by atoms with E-state index in [0.717, 1.165) is 19.3 Å². The van der Waals surface area contributed by atoms with Gasteiger partial charge in [0.1, 0.15) is 0 Å². The first-order valence-corrected chi connectivity index (χ1v) is 8.54. The van der Waals surface area contributed by atoms with Crippen LogP contribution in [0.3, 0.4) is 0 Å². The molecule has 0 aliphatic heterocycles. The number of aliphatic carboxylic acids is 1. The van der Waals surface area contributed by atoms with Crippen LogP contribution in [0, 0.1) is 0 Å². The van der Waals surface area contributed by atoms with Crippen molar-refractivity contribution in [2.75, 3.05) is 0 Å². The van der Waals surface area contributed by atoms with Crippen LogP contribution in [0.25, 0.3) is 0 Å². The van der Waals surface area contributed by atoms with Gasteiger partial charge >= 0.3 is 5.97 Å². The fourth-order valence-electron chi connectivity index (χ4n) is 1.88. The summed E-state index contributed by atoms with van der Waals surface area (Å²) in [6.07, 6.45) is 22.9. The number of rotatable bonds is 14. The third-order valence-corrected chi connectivity index (χ3v) is 3.19. The minimum atomic E-state index is -0.746. The highest BCUT2D eigenvalue weighted by molar-refractivity contribution is 5.90. The molecule has 0 aliphatic rings. The summed E-state index contributed by atoms with van der Waals surface area (Å²) in [5.41, 5.74) is 0. The molecule has 0 bridgehead atoms. The molecule has 0 aliphatic carbocycles. The van der Waals surface area contributed by atoms with E-state index in [1.54, 1.807) is 12.2 Å². The van der Waals surface area contributed by atoms with E-state index >= 15 is 0 Å². The van der Waals surface area contributed by atoms with E-state index in [1.807, 2.05) is 30.4 Å². The largest absolute Gasteiger partial charge is 0.481 e. The summed E-state index contributed by atoms with van der Waals surface area (Å²) in [6.45, 7) is 2.18. The molecule has 0 aromatic heterocycles. The Balaban J connectivity index is 3.64. The molecule has 0 spiro atoms. The van der Waals surface area contributed by atoms with Crippen molar-refractivity contribution in [3.05, 3.63) is 48.6 Å². The van der Waals surface area contributed by atoms with Crippen LogP contribution in [0.15, 0.2) is 48.6 Å². The lowest BCUT2D eigenvalue weighted by Gasteiger charge is -1.91. The van der Waals surface area contributed by atoms with Gasteiger partial charge in [-0.15, -0.1) is 0 Å². The molecular weight excluding hydrogens is 288 g/mol. The smallest absolute Gasteiger partial charge is 0.303 e. The predicted octanol–water partition coefficient (Wildman–Crippen LogP) is 5.40. The molecule has 3 heteroatoms. The molecule has 128 valence electrons. The van der Waals surface area contributed by atoms with Gasteiger partial charge in [-0.05, 0) is 38.2 Å². The standard InChI is InChI=1S/C20H30O3/c1-2-3-4-5-10-13-16-19(21)17-14-11-8-6-7-9-12-15-18-20(22)23/h7-11,13-14,17H,2-6,12,15-16,18H2,1H3,(H,22,23)/b9-7-,11-8-,13-10+,17-14+. The van der Waals surface area contributed by atoms with Gasteiger partial charge in [0.25, 0.3) is 0 Å². The Morgan fingerprint density at radius 3 is 2.35 bits per heavy atom. The zero-order valence-corrected chi connectivity index (χ0v) is 14.2. The monoisotopic (exact) mass is 318 g/mol. The molecule has 0 atom stereocenters. The SMILES string of the molecule is CCCCC/C=C/CC(=O)/C=C/C=C\C/C=C\CCCC(=O)O. The lowest BCUT2D eigenvalue weighted by molar-refractivity contribution is -0.137. The third-order valence-electron chi connectivity index (χ3n) is 3.19. The predicted molar refractivity (Wildman–Crippen MR) is 96.4 cm³/mol. The zero-order valence-electron chi connectivity index (χ0n) is 14.2. The van der Waals surface area contributed by atoms with Crippen molar-refractivity contribution >= 4 is 11.8 Å². The molecule has 23 heavy (non-hydrogen) atoms. The van der Waals surface area contributed by atoms with Gasteiger partial charge in [0.05, 0.1) is 0 Å². The molecule has 0 saturated carbocycles. The minimum Gasteiger partial charge on any atom is -0.481 e. The number of allylic oxidation sites excluding steroid dienone is 8. The number of hydrogen-bond acceptors (Lipinski definition) is 2. The maximum atomic E-state index is 11.6. The van der Waals surface area contributed by atoms with E-state index in [-0.39, 0.29) is 12.2 Å². The summed E-state index contributed by atoms with van der Waals surface area (Å²) in [5, 5.41) is 8.49.